The number of nitro groups is 1. The van der Waals surface area contributed by atoms with Crippen molar-refractivity contribution in [1.82, 2.24) is 0 Å². The number of nitro benzene ring substituents is 1. The first-order valence-corrected chi connectivity index (χ1v) is 4.71. The third-order valence-electron chi connectivity index (χ3n) is 2.26. The van der Waals surface area contributed by atoms with Crippen LogP contribution in [0.1, 0.15) is 0 Å². The van der Waals surface area contributed by atoms with Crippen molar-refractivity contribution in [3.63, 3.8) is 0 Å². The van der Waals surface area contributed by atoms with Gasteiger partial charge in [-0.1, -0.05) is 24.3 Å². The van der Waals surface area contributed by atoms with E-state index in [0.29, 0.717) is 0 Å². The van der Waals surface area contributed by atoms with E-state index >= 15 is 0 Å². The summed E-state index contributed by atoms with van der Waals surface area (Å²) in [6.07, 6.45) is 0. The van der Waals surface area contributed by atoms with E-state index in [0.717, 1.165) is 11.1 Å². The molecule has 2 rings (SSSR count). The van der Waals surface area contributed by atoms with Gasteiger partial charge >= 0.3 is 0 Å². The number of phenols is 1. The van der Waals surface area contributed by atoms with Crippen molar-refractivity contribution in [2.75, 3.05) is 0 Å². The highest BCUT2D eigenvalue weighted by Gasteiger charge is 2.06. The maximum absolute atomic E-state index is 10.6. The van der Waals surface area contributed by atoms with Gasteiger partial charge in [-0.3, -0.25) is 10.1 Å². The van der Waals surface area contributed by atoms with Gasteiger partial charge in [0.1, 0.15) is 5.75 Å². The molecule has 0 unspecified atom stereocenters. The molecular formula is C12H9NO3. The van der Waals surface area contributed by atoms with E-state index in [1.54, 1.807) is 36.4 Å². The summed E-state index contributed by atoms with van der Waals surface area (Å²) in [6, 6.07) is 12.9. The second kappa shape index (κ2) is 4.02. The molecule has 0 spiro atoms. The monoisotopic (exact) mass is 215 g/mol. The molecule has 4 nitrogen and oxygen atoms in total. The minimum atomic E-state index is -0.427. The zero-order chi connectivity index (χ0) is 11.5. The molecule has 16 heavy (non-hydrogen) atoms. The summed E-state index contributed by atoms with van der Waals surface area (Å²) < 4.78 is 0. The first-order valence-electron chi connectivity index (χ1n) is 4.71. The van der Waals surface area contributed by atoms with Crippen LogP contribution < -0.4 is 0 Å². The van der Waals surface area contributed by atoms with E-state index in [-0.39, 0.29) is 11.4 Å². The number of aromatic hydroxyl groups is 1. The molecule has 4 heteroatoms. The lowest BCUT2D eigenvalue weighted by molar-refractivity contribution is -0.384. The molecule has 2 aromatic carbocycles. The Kier molecular flexibility index (Phi) is 2.55. The Morgan fingerprint density at radius 2 is 1.69 bits per heavy atom. The average molecular weight is 215 g/mol. The van der Waals surface area contributed by atoms with Gasteiger partial charge < -0.3 is 5.11 Å². The third-order valence-corrected chi connectivity index (χ3v) is 2.26. The Hall–Kier alpha value is -2.36. The van der Waals surface area contributed by atoms with Gasteiger partial charge in [0.2, 0.25) is 0 Å². The van der Waals surface area contributed by atoms with Gasteiger partial charge in [-0.15, -0.1) is 0 Å². The quantitative estimate of drug-likeness (QED) is 0.618. The molecule has 0 fully saturated rings. The molecule has 0 bridgehead atoms. The van der Waals surface area contributed by atoms with E-state index in [4.69, 9.17) is 5.11 Å². The van der Waals surface area contributed by atoms with Crippen molar-refractivity contribution in [3.05, 3.63) is 58.6 Å². The Morgan fingerprint density at radius 3 is 2.31 bits per heavy atom. The Morgan fingerprint density at radius 1 is 1.00 bits per heavy atom. The molecule has 0 heterocycles. The van der Waals surface area contributed by atoms with Crippen LogP contribution in [-0.2, 0) is 0 Å². The minimum Gasteiger partial charge on any atom is -0.508 e. The van der Waals surface area contributed by atoms with Crippen LogP contribution in [0.5, 0.6) is 5.75 Å². The third kappa shape index (κ3) is 2.00. The number of hydrogen-bond donors (Lipinski definition) is 1. The smallest absolute Gasteiger partial charge is 0.270 e. The van der Waals surface area contributed by atoms with Crippen LogP contribution in [0.4, 0.5) is 5.69 Å². The maximum atomic E-state index is 10.6. The molecule has 0 atom stereocenters. The van der Waals surface area contributed by atoms with Crippen molar-refractivity contribution >= 4 is 5.69 Å². The van der Waals surface area contributed by atoms with Crippen molar-refractivity contribution in [3.8, 4) is 16.9 Å². The highest BCUT2D eigenvalue weighted by atomic mass is 16.6. The van der Waals surface area contributed by atoms with Gasteiger partial charge in [0.15, 0.2) is 0 Å². The lowest BCUT2D eigenvalue weighted by atomic mass is 10.1. The Balaban J connectivity index is 2.44. The van der Waals surface area contributed by atoms with E-state index < -0.39 is 4.92 Å². The molecule has 0 radical (unpaired) electrons. The van der Waals surface area contributed by atoms with Crippen molar-refractivity contribution in [1.29, 1.82) is 0 Å². The molecule has 0 aliphatic heterocycles. The summed E-state index contributed by atoms with van der Waals surface area (Å²) >= 11 is 0. The average Bonchev–Trinajstić information content (AvgIpc) is 2.30. The van der Waals surface area contributed by atoms with E-state index in [2.05, 4.69) is 0 Å². The largest absolute Gasteiger partial charge is 0.508 e. The second-order valence-corrected chi connectivity index (χ2v) is 3.35. The van der Waals surface area contributed by atoms with Gasteiger partial charge in [0, 0.05) is 12.1 Å². The SMILES string of the molecule is O=[N+]([O-])c1cccc(-c2ccc(O)cc2)c1. The zero-order valence-electron chi connectivity index (χ0n) is 8.33. The molecule has 0 saturated heterocycles. The van der Waals surface area contributed by atoms with E-state index in [9.17, 15) is 10.1 Å². The fraction of sp³-hybridized carbons (Fsp3) is 0. The van der Waals surface area contributed by atoms with Crippen LogP contribution in [-0.4, -0.2) is 10.0 Å². The van der Waals surface area contributed by atoms with Crippen molar-refractivity contribution < 1.29 is 10.0 Å². The zero-order valence-corrected chi connectivity index (χ0v) is 8.33. The second-order valence-electron chi connectivity index (χ2n) is 3.35. The molecule has 1 N–H and O–H groups in total. The van der Waals surface area contributed by atoms with Gasteiger partial charge in [-0.05, 0) is 23.3 Å². The number of benzene rings is 2. The van der Waals surface area contributed by atoms with Crippen LogP contribution in [0.3, 0.4) is 0 Å². The van der Waals surface area contributed by atoms with Crippen LogP contribution >= 0.6 is 0 Å². The highest BCUT2D eigenvalue weighted by Crippen LogP contribution is 2.25. The van der Waals surface area contributed by atoms with Crippen LogP contribution in [0.2, 0.25) is 0 Å². The standard InChI is InChI=1S/C12H9NO3/c14-12-6-4-9(5-7-12)10-2-1-3-11(8-10)13(15)16/h1-8,14H. The molecule has 0 aliphatic carbocycles. The van der Waals surface area contributed by atoms with Crippen molar-refractivity contribution in [2.24, 2.45) is 0 Å². The molecule has 2 aromatic rings. The number of hydrogen-bond acceptors (Lipinski definition) is 3. The summed E-state index contributed by atoms with van der Waals surface area (Å²) in [7, 11) is 0. The number of non-ortho nitro benzene ring substituents is 1. The van der Waals surface area contributed by atoms with Crippen LogP contribution in [0.15, 0.2) is 48.5 Å². The normalized spacial score (nSPS) is 10.0. The first kappa shape index (κ1) is 10.2. The first-order chi connectivity index (χ1) is 7.66. The summed E-state index contributed by atoms with van der Waals surface area (Å²) in [4.78, 5) is 10.2. The van der Waals surface area contributed by atoms with Crippen molar-refractivity contribution in [2.45, 2.75) is 0 Å². The summed E-state index contributed by atoms with van der Waals surface area (Å²) in [5, 5.41) is 19.7. The lowest BCUT2D eigenvalue weighted by Crippen LogP contribution is -1.87. The van der Waals surface area contributed by atoms with Gasteiger partial charge in [0.05, 0.1) is 4.92 Å². The summed E-state index contributed by atoms with van der Waals surface area (Å²) in [5.74, 6) is 0.175. The lowest BCUT2D eigenvalue weighted by Gasteiger charge is -2.01. The maximum Gasteiger partial charge on any atom is 0.270 e. The summed E-state index contributed by atoms with van der Waals surface area (Å²) in [6.45, 7) is 0. The van der Waals surface area contributed by atoms with Gasteiger partial charge in [-0.2, -0.15) is 0 Å². The molecular weight excluding hydrogens is 206 g/mol. The van der Waals surface area contributed by atoms with Gasteiger partial charge in [0.25, 0.3) is 5.69 Å². The molecule has 80 valence electrons. The van der Waals surface area contributed by atoms with Crippen LogP contribution in [0, 0.1) is 10.1 Å². The predicted octanol–water partition coefficient (Wildman–Crippen LogP) is 2.97. The molecule has 0 aliphatic rings. The number of nitrogens with zero attached hydrogens (tertiary/aromatic N) is 1. The fourth-order valence-corrected chi connectivity index (χ4v) is 1.45. The molecule has 0 saturated carbocycles. The molecule has 0 amide bonds. The minimum absolute atomic E-state index is 0.0607. The topological polar surface area (TPSA) is 63.4 Å². The molecule has 0 aromatic heterocycles. The van der Waals surface area contributed by atoms with E-state index in [1.807, 2.05) is 0 Å². The summed E-state index contributed by atoms with van der Waals surface area (Å²) in [5.41, 5.74) is 1.65. The van der Waals surface area contributed by atoms with Gasteiger partial charge in [-0.25, -0.2) is 0 Å². The fourth-order valence-electron chi connectivity index (χ4n) is 1.45. The highest BCUT2D eigenvalue weighted by molar-refractivity contribution is 5.66. The Bertz CT molecular complexity index is 520. The predicted molar refractivity (Wildman–Crippen MR) is 60.2 cm³/mol. The van der Waals surface area contributed by atoms with E-state index in [1.165, 1.54) is 12.1 Å². The van der Waals surface area contributed by atoms with Crippen LogP contribution in [0.25, 0.3) is 11.1 Å². The number of rotatable bonds is 2. The number of phenolic OH excluding ortho intramolecular Hbond substituents is 1. The Labute approximate surface area is 91.9 Å².